The van der Waals surface area contributed by atoms with Gasteiger partial charge >= 0.3 is 0 Å². The van der Waals surface area contributed by atoms with E-state index < -0.39 is 0 Å². The van der Waals surface area contributed by atoms with Gasteiger partial charge in [-0.2, -0.15) is 0 Å². The highest BCUT2D eigenvalue weighted by Gasteiger charge is 2.10. The van der Waals surface area contributed by atoms with E-state index in [0.717, 1.165) is 23.4 Å². The van der Waals surface area contributed by atoms with Crippen molar-refractivity contribution in [2.24, 2.45) is 4.99 Å². The number of aliphatic hydroxyl groups is 1. The van der Waals surface area contributed by atoms with Gasteiger partial charge in [0.2, 0.25) is 5.89 Å². The first-order valence-corrected chi connectivity index (χ1v) is 10.1. The molecular weight excluding hydrogens is 383 g/mol. The largest absolute Gasteiger partial charge is 0.444 e. The van der Waals surface area contributed by atoms with Gasteiger partial charge in [-0.15, -0.1) is 0 Å². The zero-order chi connectivity index (χ0) is 21.2. The van der Waals surface area contributed by atoms with E-state index in [1.165, 1.54) is 12.1 Å². The van der Waals surface area contributed by atoms with E-state index in [1.54, 1.807) is 18.4 Å². The van der Waals surface area contributed by atoms with Gasteiger partial charge in [0.15, 0.2) is 5.96 Å². The van der Waals surface area contributed by atoms with Gasteiger partial charge in [-0.3, -0.25) is 4.99 Å². The molecule has 6 nitrogen and oxygen atoms in total. The molecule has 1 unspecified atom stereocenters. The molecule has 0 bridgehead atoms. The summed E-state index contributed by atoms with van der Waals surface area (Å²) in [6, 6.07) is 15.9. The number of hydrogen-bond acceptors (Lipinski definition) is 4. The van der Waals surface area contributed by atoms with Crippen LogP contribution in [0.1, 0.15) is 24.1 Å². The van der Waals surface area contributed by atoms with E-state index in [1.807, 2.05) is 37.3 Å². The zero-order valence-electron chi connectivity index (χ0n) is 17.0. The third kappa shape index (κ3) is 6.15. The molecule has 1 heterocycles. The quantitative estimate of drug-likeness (QED) is 0.372. The summed E-state index contributed by atoms with van der Waals surface area (Å²) < 4.78 is 18.6. The summed E-state index contributed by atoms with van der Waals surface area (Å²) in [5, 5.41) is 16.2. The van der Waals surface area contributed by atoms with Crippen LogP contribution in [0.5, 0.6) is 0 Å². The summed E-state index contributed by atoms with van der Waals surface area (Å²) in [7, 11) is 0. The number of benzene rings is 2. The van der Waals surface area contributed by atoms with Crippen LogP contribution in [-0.2, 0) is 6.42 Å². The highest BCUT2D eigenvalue weighted by atomic mass is 19.1. The standard InChI is InChI=1S/C23H27FN4O2/c1-2-25-23(27-14-19(15-29)17-6-4-3-5-7-17)26-13-12-21-16-30-22(28-21)18-8-10-20(24)11-9-18/h3-11,16,19,29H,2,12-15H2,1H3,(H2,25,26,27). The lowest BCUT2D eigenvalue weighted by molar-refractivity contribution is 0.268. The monoisotopic (exact) mass is 410 g/mol. The maximum Gasteiger partial charge on any atom is 0.226 e. The summed E-state index contributed by atoms with van der Waals surface area (Å²) in [6.07, 6.45) is 2.26. The van der Waals surface area contributed by atoms with Crippen LogP contribution in [0.2, 0.25) is 0 Å². The summed E-state index contributed by atoms with van der Waals surface area (Å²) in [5.74, 6) is 0.824. The molecule has 0 radical (unpaired) electrons. The molecule has 0 fully saturated rings. The molecule has 0 saturated carbocycles. The summed E-state index contributed by atoms with van der Waals surface area (Å²) in [6.45, 7) is 3.88. The SMILES string of the molecule is CCNC(=NCC(CO)c1ccccc1)NCCc1coc(-c2ccc(F)cc2)n1. The summed E-state index contributed by atoms with van der Waals surface area (Å²) in [5.41, 5.74) is 2.60. The van der Waals surface area contributed by atoms with Gasteiger partial charge in [-0.05, 0) is 36.8 Å². The lowest BCUT2D eigenvalue weighted by Gasteiger charge is -2.15. The Hall–Kier alpha value is -3.19. The van der Waals surface area contributed by atoms with E-state index in [9.17, 15) is 9.50 Å². The molecule has 2 aromatic carbocycles. The number of nitrogens with one attached hydrogen (secondary N) is 2. The lowest BCUT2D eigenvalue weighted by Crippen LogP contribution is -2.38. The number of aromatic nitrogens is 1. The Morgan fingerprint density at radius 1 is 1.13 bits per heavy atom. The van der Waals surface area contributed by atoms with Crippen molar-refractivity contribution in [3.05, 3.63) is 77.9 Å². The van der Waals surface area contributed by atoms with Crippen molar-refractivity contribution in [2.75, 3.05) is 26.2 Å². The molecule has 30 heavy (non-hydrogen) atoms. The minimum absolute atomic E-state index is 0.0397. The Morgan fingerprint density at radius 2 is 1.90 bits per heavy atom. The fourth-order valence-corrected chi connectivity index (χ4v) is 2.99. The predicted molar refractivity (Wildman–Crippen MR) is 116 cm³/mol. The Kier molecular flexibility index (Phi) is 7.97. The lowest BCUT2D eigenvalue weighted by atomic mass is 10.0. The third-order valence-electron chi connectivity index (χ3n) is 4.62. The minimum atomic E-state index is -0.291. The summed E-state index contributed by atoms with van der Waals surface area (Å²) in [4.78, 5) is 9.07. The summed E-state index contributed by atoms with van der Waals surface area (Å²) >= 11 is 0. The zero-order valence-corrected chi connectivity index (χ0v) is 17.0. The molecule has 3 rings (SSSR count). The van der Waals surface area contributed by atoms with Gasteiger partial charge in [-0.25, -0.2) is 9.37 Å². The van der Waals surface area contributed by atoms with Gasteiger partial charge in [-0.1, -0.05) is 30.3 Å². The van der Waals surface area contributed by atoms with Crippen LogP contribution in [0.15, 0.2) is 70.3 Å². The number of oxazole rings is 1. The highest BCUT2D eigenvalue weighted by molar-refractivity contribution is 5.79. The van der Waals surface area contributed by atoms with E-state index in [0.29, 0.717) is 31.4 Å². The topological polar surface area (TPSA) is 82.7 Å². The second kappa shape index (κ2) is 11.1. The third-order valence-corrected chi connectivity index (χ3v) is 4.62. The van der Waals surface area contributed by atoms with Crippen molar-refractivity contribution in [1.82, 2.24) is 15.6 Å². The number of aliphatic hydroxyl groups excluding tert-OH is 1. The van der Waals surface area contributed by atoms with Crippen LogP contribution < -0.4 is 10.6 Å². The average molecular weight is 410 g/mol. The van der Waals surface area contributed by atoms with Crippen molar-refractivity contribution >= 4 is 5.96 Å². The van der Waals surface area contributed by atoms with Crippen LogP contribution in [0.4, 0.5) is 4.39 Å². The average Bonchev–Trinajstić information content (AvgIpc) is 3.24. The van der Waals surface area contributed by atoms with E-state index in [-0.39, 0.29) is 18.3 Å². The van der Waals surface area contributed by atoms with Crippen LogP contribution in [0, 0.1) is 5.82 Å². The van der Waals surface area contributed by atoms with E-state index in [4.69, 9.17) is 4.42 Å². The van der Waals surface area contributed by atoms with Crippen LogP contribution >= 0.6 is 0 Å². The number of halogens is 1. The molecule has 0 saturated heterocycles. The maximum absolute atomic E-state index is 13.1. The normalized spacial score (nSPS) is 12.6. The van der Waals surface area contributed by atoms with Crippen LogP contribution in [0.25, 0.3) is 11.5 Å². The number of aliphatic imine (C=N–C) groups is 1. The van der Waals surface area contributed by atoms with Crippen molar-refractivity contribution in [3.63, 3.8) is 0 Å². The first-order chi connectivity index (χ1) is 14.7. The van der Waals surface area contributed by atoms with Gasteiger partial charge in [0, 0.05) is 31.0 Å². The second-order valence-corrected chi connectivity index (χ2v) is 6.84. The second-order valence-electron chi connectivity index (χ2n) is 6.84. The first kappa shape index (κ1) is 21.5. The number of hydrogen-bond donors (Lipinski definition) is 3. The molecule has 158 valence electrons. The van der Waals surface area contributed by atoms with Crippen LogP contribution in [-0.4, -0.2) is 42.3 Å². The van der Waals surface area contributed by atoms with Crippen LogP contribution in [0.3, 0.4) is 0 Å². The molecule has 1 aromatic heterocycles. The van der Waals surface area contributed by atoms with Gasteiger partial charge in [0.05, 0.1) is 18.8 Å². The molecule has 7 heteroatoms. The first-order valence-electron chi connectivity index (χ1n) is 10.1. The Balaban J connectivity index is 1.54. The molecule has 0 aliphatic heterocycles. The number of rotatable bonds is 9. The number of guanidine groups is 1. The van der Waals surface area contributed by atoms with Crippen molar-refractivity contribution < 1.29 is 13.9 Å². The number of nitrogens with zero attached hydrogens (tertiary/aromatic N) is 2. The van der Waals surface area contributed by atoms with Crippen molar-refractivity contribution in [3.8, 4) is 11.5 Å². The van der Waals surface area contributed by atoms with Gasteiger partial charge in [0.25, 0.3) is 0 Å². The molecule has 0 aliphatic carbocycles. The van der Waals surface area contributed by atoms with E-state index in [2.05, 4.69) is 20.6 Å². The molecule has 0 aliphatic rings. The maximum atomic E-state index is 13.1. The van der Waals surface area contributed by atoms with E-state index >= 15 is 0 Å². The molecule has 3 aromatic rings. The molecular formula is C23H27FN4O2. The molecule has 0 spiro atoms. The van der Waals surface area contributed by atoms with Gasteiger partial charge in [0.1, 0.15) is 12.1 Å². The van der Waals surface area contributed by atoms with Crippen molar-refractivity contribution in [1.29, 1.82) is 0 Å². The Morgan fingerprint density at radius 3 is 2.60 bits per heavy atom. The smallest absolute Gasteiger partial charge is 0.226 e. The fourth-order valence-electron chi connectivity index (χ4n) is 2.99. The molecule has 1 atom stereocenters. The Labute approximate surface area is 175 Å². The highest BCUT2D eigenvalue weighted by Crippen LogP contribution is 2.19. The minimum Gasteiger partial charge on any atom is -0.444 e. The molecule has 0 amide bonds. The Bertz CT molecular complexity index is 926. The van der Waals surface area contributed by atoms with Crippen molar-refractivity contribution in [2.45, 2.75) is 19.3 Å². The van der Waals surface area contributed by atoms with Gasteiger partial charge < -0.3 is 20.2 Å². The fraction of sp³-hybridized carbons (Fsp3) is 0.304. The predicted octanol–water partition coefficient (Wildman–Crippen LogP) is 3.35. The molecule has 3 N–H and O–H groups in total.